The molecule has 1 fully saturated rings. The van der Waals surface area contributed by atoms with Crippen LogP contribution in [0, 0.1) is 6.92 Å². The minimum Gasteiger partial charge on any atom is -0.338 e. The average Bonchev–Trinajstić information content (AvgIpc) is 2.96. The summed E-state index contributed by atoms with van der Waals surface area (Å²) in [6.07, 6.45) is 5.57. The maximum atomic E-state index is 12.6. The predicted octanol–water partition coefficient (Wildman–Crippen LogP) is 2.17. The first-order valence-electron chi connectivity index (χ1n) is 7.43. The molecule has 1 saturated heterocycles. The fraction of sp³-hybridized carbons (Fsp3) is 0.438. The molecule has 0 radical (unpaired) electrons. The van der Waals surface area contributed by atoms with Crippen molar-refractivity contribution in [3.63, 3.8) is 0 Å². The smallest absolute Gasteiger partial charge is 0.255 e. The molecule has 5 nitrogen and oxygen atoms in total. The van der Waals surface area contributed by atoms with Crippen LogP contribution in [0.3, 0.4) is 0 Å². The zero-order chi connectivity index (χ0) is 15.7. The molecular weight excluding hydrogens is 298 g/mol. The molecule has 22 heavy (non-hydrogen) atoms. The first-order valence-corrected chi connectivity index (χ1v) is 8.24. The molecule has 0 N–H and O–H groups in total. The van der Waals surface area contributed by atoms with Crippen molar-refractivity contribution in [1.29, 1.82) is 0 Å². The highest BCUT2D eigenvalue weighted by Gasteiger charge is 2.27. The van der Waals surface area contributed by atoms with Crippen molar-refractivity contribution in [1.82, 2.24) is 14.5 Å². The molecular formula is C16H19N3O2S. The van der Waals surface area contributed by atoms with Crippen LogP contribution in [0.15, 0.2) is 29.3 Å². The second kappa shape index (κ2) is 6.04. The summed E-state index contributed by atoms with van der Waals surface area (Å²) in [5.41, 5.74) is 0.462. The summed E-state index contributed by atoms with van der Waals surface area (Å²) in [6, 6.07) is 3.06. The lowest BCUT2D eigenvalue weighted by atomic mass is 9.98. The van der Waals surface area contributed by atoms with Gasteiger partial charge in [-0.05, 0) is 25.8 Å². The Morgan fingerprint density at radius 3 is 2.91 bits per heavy atom. The van der Waals surface area contributed by atoms with E-state index in [1.165, 1.54) is 15.5 Å². The largest absolute Gasteiger partial charge is 0.338 e. The normalized spacial score (nSPS) is 18.5. The summed E-state index contributed by atoms with van der Waals surface area (Å²) in [4.78, 5) is 31.6. The lowest BCUT2D eigenvalue weighted by Gasteiger charge is -2.32. The average molecular weight is 317 g/mol. The number of amides is 1. The first kappa shape index (κ1) is 15.0. The Bertz CT molecular complexity index is 750. The Labute approximate surface area is 133 Å². The number of likely N-dealkylation sites (tertiary alicyclic amines) is 1. The van der Waals surface area contributed by atoms with E-state index in [9.17, 15) is 9.59 Å². The van der Waals surface area contributed by atoms with E-state index in [0.29, 0.717) is 18.0 Å². The summed E-state index contributed by atoms with van der Waals surface area (Å²) >= 11 is 1.71. The second-order valence-electron chi connectivity index (χ2n) is 5.77. The maximum absolute atomic E-state index is 12.6. The first-order chi connectivity index (χ1) is 10.5. The number of pyridine rings is 1. The van der Waals surface area contributed by atoms with Crippen LogP contribution in [0.25, 0.3) is 0 Å². The van der Waals surface area contributed by atoms with Crippen molar-refractivity contribution < 1.29 is 4.79 Å². The zero-order valence-electron chi connectivity index (χ0n) is 12.8. The Kier molecular flexibility index (Phi) is 4.11. The van der Waals surface area contributed by atoms with Crippen molar-refractivity contribution in [3.8, 4) is 0 Å². The number of hydrogen-bond acceptors (Lipinski definition) is 4. The number of nitrogens with zero attached hydrogens (tertiary/aromatic N) is 3. The Morgan fingerprint density at radius 2 is 2.23 bits per heavy atom. The Morgan fingerprint density at radius 1 is 1.41 bits per heavy atom. The molecule has 1 aliphatic heterocycles. The van der Waals surface area contributed by atoms with E-state index in [1.54, 1.807) is 30.6 Å². The van der Waals surface area contributed by atoms with Gasteiger partial charge in [0.1, 0.15) is 0 Å². The molecule has 2 aromatic rings. The molecule has 0 aliphatic carbocycles. The summed E-state index contributed by atoms with van der Waals surface area (Å²) in [7, 11) is 1.66. The number of hydrogen-bond donors (Lipinski definition) is 0. The van der Waals surface area contributed by atoms with Gasteiger partial charge >= 0.3 is 0 Å². The van der Waals surface area contributed by atoms with E-state index in [-0.39, 0.29) is 11.5 Å². The van der Waals surface area contributed by atoms with E-state index in [4.69, 9.17) is 0 Å². The third-order valence-corrected chi connectivity index (χ3v) is 5.11. The lowest BCUT2D eigenvalue weighted by Crippen LogP contribution is -2.39. The van der Waals surface area contributed by atoms with Gasteiger partial charge in [0.2, 0.25) is 5.56 Å². The molecule has 1 aliphatic rings. The molecule has 0 aromatic carbocycles. The summed E-state index contributed by atoms with van der Waals surface area (Å²) in [6.45, 7) is 3.52. The highest BCUT2D eigenvalue weighted by Crippen LogP contribution is 2.30. The Balaban J connectivity index is 1.77. The maximum Gasteiger partial charge on any atom is 0.255 e. The van der Waals surface area contributed by atoms with Gasteiger partial charge in [-0.2, -0.15) is 0 Å². The third-order valence-electron chi connectivity index (χ3n) is 4.03. The molecule has 2 aromatic heterocycles. The van der Waals surface area contributed by atoms with Gasteiger partial charge in [-0.25, -0.2) is 4.98 Å². The van der Waals surface area contributed by atoms with Gasteiger partial charge < -0.3 is 9.47 Å². The lowest BCUT2D eigenvalue weighted by molar-refractivity contribution is 0.0706. The number of piperidine rings is 1. The number of rotatable bonds is 2. The van der Waals surface area contributed by atoms with Gasteiger partial charge in [-0.15, -0.1) is 11.3 Å². The standard InChI is InChI=1S/C16H19N3O2S/c1-11-8-17-15(22-11)12-4-3-7-19(10-12)16(21)13-5-6-14(20)18(2)9-13/h5-6,8-9,12H,3-4,7,10H2,1-2H3/t12-/m1/s1. The van der Waals surface area contributed by atoms with Gasteiger partial charge in [0.15, 0.2) is 0 Å². The van der Waals surface area contributed by atoms with Crippen LogP contribution in [-0.4, -0.2) is 33.4 Å². The monoisotopic (exact) mass is 317 g/mol. The zero-order valence-corrected chi connectivity index (χ0v) is 13.6. The fourth-order valence-corrected chi connectivity index (χ4v) is 3.73. The van der Waals surface area contributed by atoms with Gasteiger partial charge in [0.25, 0.3) is 5.91 Å². The number of aryl methyl sites for hydroxylation is 2. The molecule has 0 spiro atoms. The number of aromatic nitrogens is 2. The fourth-order valence-electron chi connectivity index (χ4n) is 2.83. The van der Waals surface area contributed by atoms with E-state index in [0.717, 1.165) is 24.4 Å². The summed E-state index contributed by atoms with van der Waals surface area (Å²) < 4.78 is 1.44. The van der Waals surface area contributed by atoms with Crippen LogP contribution >= 0.6 is 11.3 Å². The highest BCUT2D eigenvalue weighted by molar-refractivity contribution is 7.11. The van der Waals surface area contributed by atoms with Gasteiger partial charge in [-0.1, -0.05) is 0 Å². The summed E-state index contributed by atoms with van der Waals surface area (Å²) in [5.74, 6) is 0.317. The van der Waals surface area contributed by atoms with Gasteiger partial charge in [-0.3, -0.25) is 9.59 Å². The van der Waals surface area contributed by atoms with Crippen LogP contribution in [0.2, 0.25) is 0 Å². The molecule has 3 rings (SSSR count). The molecule has 116 valence electrons. The summed E-state index contributed by atoms with van der Waals surface area (Å²) in [5, 5.41) is 1.12. The molecule has 3 heterocycles. The predicted molar refractivity (Wildman–Crippen MR) is 86.4 cm³/mol. The van der Waals surface area contributed by atoms with Crippen molar-refractivity contribution in [2.75, 3.05) is 13.1 Å². The van der Waals surface area contributed by atoms with Crippen molar-refractivity contribution in [2.45, 2.75) is 25.7 Å². The SMILES string of the molecule is Cc1cnc([C@@H]2CCCN(C(=O)c3ccc(=O)n(C)c3)C2)s1. The molecule has 1 amide bonds. The highest BCUT2D eigenvalue weighted by atomic mass is 32.1. The van der Waals surface area contributed by atoms with Crippen LogP contribution in [0.1, 0.15) is 39.0 Å². The number of carbonyl (C=O) groups excluding carboxylic acids is 1. The van der Waals surface area contributed by atoms with Crippen molar-refractivity contribution in [2.24, 2.45) is 7.05 Å². The Hall–Kier alpha value is -1.95. The van der Waals surface area contributed by atoms with E-state index in [2.05, 4.69) is 11.9 Å². The molecule has 6 heteroatoms. The van der Waals surface area contributed by atoms with Crippen LogP contribution in [0.5, 0.6) is 0 Å². The van der Waals surface area contributed by atoms with Gasteiger partial charge in [0.05, 0.1) is 10.6 Å². The third kappa shape index (κ3) is 2.97. The number of carbonyl (C=O) groups is 1. The second-order valence-corrected chi connectivity index (χ2v) is 7.03. The molecule has 0 bridgehead atoms. The molecule has 1 atom stereocenters. The molecule has 0 saturated carbocycles. The van der Waals surface area contributed by atoms with Gasteiger partial charge in [0, 0.05) is 49.4 Å². The minimum atomic E-state index is -0.105. The van der Waals surface area contributed by atoms with Crippen molar-refractivity contribution in [3.05, 3.63) is 50.3 Å². The van der Waals surface area contributed by atoms with E-state index in [1.807, 2.05) is 11.1 Å². The number of thiazole rings is 1. The quantitative estimate of drug-likeness (QED) is 0.853. The van der Waals surface area contributed by atoms with Crippen LogP contribution < -0.4 is 5.56 Å². The minimum absolute atomic E-state index is 0.00595. The van der Waals surface area contributed by atoms with Crippen molar-refractivity contribution >= 4 is 17.2 Å². The topological polar surface area (TPSA) is 55.2 Å². The van der Waals surface area contributed by atoms with Crippen LogP contribution in [-0.2, 0) is 7.05 Å². The van der Waals surface area contributed by atoms with E-state index >= 15 is 0 Å². The van der Waals surface area contributed by atoms with Crippen LogP contribution in [0.4, 0.5) is 0 Å². The molecule has 0 unspecified atom stereocenters. The van der Waals surface area contributed by atoms with E-state index < -0.39 is 0 Å².